The van der Waals surface area contributed by atoms with Crippen LogP contribution in [-0.4, -0.2) is 18.3 Å². The summed E-state index contributed by atoms with van der Waals surface area (Å²) < 4.78 is 5.49. The Morgan fingerprint density at radius 3 is 2.04 bits per heavy atom. The Balaban J connectivity index is 1.57. The third-order valence-corrected chi connectivity index (χ3v) is 4.54. The van der Waals surface area contributed by atoms with Crippen LogP contribution in [0.1, 0.15) is 21.5 Å². The predicted molar refractivity (Wildman–Crippen MR) is 112 cm³/mol. The topological polar surface area (TPSA) is 55.4 Å². The van der Waals surface area contributed by atoms with Crippen molar-refractivity contribution in [2.24, 2.45) is 0 Å². The molecule has 0 saturated heterocycles. The minimum absolute atomic E-state index is 0.112. The SMILES string of the molecule is Cc1cc(Cl)ccc1NC(=O)COc1ccc(C(=O)c2ccc(Cl)cc2)cc1. The Kier molecular flexibility index (Phi) is 6.34. The van der Waals surface area contributed by atoms with Gasteiger partial charge in [0, 0.05) is 26.9 Å². The number of carbonyl (C=O) groups is 2. The van der Waals surface area contributed by atoms with Crippen LogP contribution in [0, 0.1) is 6.92 Å². The lowest BCUT2D eigenvalue weighted by Crippen LogP contribution is -2.20. The Labute approximate surface area is 173 Å². The average Bonchev–Trinajstić information content (AvgIpc) is 2.69. The van der Waals surface area contributed by atoms with Gasteiger partial charge in [0.25, 0.3) is 5.91 Å². The van der Waals surface area contributed by atoms with Gasteiger partial charge in [-0.2, -0.15) is 0 Å². The van der Waals surface area contributed by atoms with Gasteiger partial charge >= 0.3 is 0 Å². The van der Waals surface area contributed by atoms with Crippen LogP contribution in [0.15, 0.2) is 66.7 Å². The van der Waals surface area contributed by atoms with Crippen molar-refractivity contribution < 1.29 is 14.3 Å². The summed E-state index contributed by atoms with van der Waals surface area (Å²) in [5.74, 6) is 0.0987. The van der Waals surface area contributed by atoms with E-state index < -0.39 is 0 Å². The van der Waals surface area contributed by atoms with Crippen LogP contribution in [0.2, 0.25) is 10.0 Å². The maximum absolute atomic E-state index is 12.4. The minimum Gasteiger partial charge on any atom is -0.484 e. The largest absolute Gasteiger partial charge is 0.484 e. The van der Waals surface area contributed by atoms with E-state index in [2.05, 4.69) is 5.32 Å². The number of benzene rings is 3. The normalized spacial score (nSPS) is 10.4. The summed E-state index contributed by atoms with van der Waals surface area (Å²) >= 11 is 11.8. The second-order valence-electron chi connectivity index (χ2n) is 6.16. The zero-order chi connectivity index (χ0) is 20.1. The van der Waals surface area contributed by atoms with Gasteiger partial charge in [-0.3, -0.25) is 9.59 Å². The van der Waals surface area contributed by atoms with E-state index in [-0.39, 0.29) is 18.3 Å². The summed E-state index contributed by atoms with van der Waals surface area (Å²) in [4.78, 5) is 24.5. The Morgan fingerprint density at radius 2 is 1.43 bits per heavy atom. The number of halogens is 2. The molecular weight excluding hydrogens is 397 g/mol. The summed E-state index contributed by atoms with van der Waals surface area (Å²) in [5, 5.41) is 3.96. The second-order valence-corrected chi connectivity index (χ2v) is 7.03. The van der Waals surface area contributed by atoms with Crippen LogP contribution in [0.25, 0.3) is 0 Å². The van der Waals surface area contributed by atoms with Crippen LogP contribution < -0.4 is 10.1 Å². The molecule has 0 bridgehead atoms. The lowest BCUT2D eigenvalue weighted by Gasteiger charge is -2.10. The van der Waals surface area contributed by atoms with Gasteiger partial charge in [-0.25, -0.2) is 0 Å². The standard InChI is InChI=1S/C22H17Cl2NO3/c1-14-12-18(24)8-11-20(14)25-21(26)13-28-19-9-4-16(5-10-19)22(27)15-2-6-17(23)7-3-15/h2-12H,13H2,1H3,(H,25,26). The number of hydrogen-bond donors (Lipinski definition) is 1. The molecule has 0 aliphatic rings. The fourth-order valence-corrected chi connectivity index (χ4v) is 2.93. The molecule has 142 valence electrons. The van der Waals surface area contributed by atoms with Crippen molar-refractivity contribution >= 4 is 40.6 Å². The molecule has 1 N–H and O–H groups in total. The molecule has 1 amide bonds. The van der Waals surface area contributed by atoms with Gasteiger partial charge in [-0.15, -0.1) is 0 Å². The average molecular weight is 414 g/mol. The predicted octanol–water partition coefficient (Wildman–Crippen LogP) is 5.55. The van der Waals surface area contributed by atoms with E-state index >= 15 is 0 Å². The zero-order valence-electron chi connectivity index (χ0n) is 15.0. The molecule has 0 fully saturated rings. The molecule has 0 aliphatic carbocycles. The van der Waals surface area contributed by atoms with Crippen molar-refractivity contribution in [2.45, 2.75) is 6.92 Å². The lowest BCUT2D eigenvalue weighted by molar-refractivity contribution is -0.118. The Hall–Kier alpha value is -2.82. The van der Waals surface area contributed by atoms with E-state index in [1.165, 1.54) is 0 Å². The molecule has 0 unspecified atom stereocenters. The first-order valence-electron chi connectivity index (χ1n) is 8.51. The highest BCUT2D eigenvalue weighted by molar-refractivity contribution is 6.31. The van der Waals surface area contributed by atoms with E-state index in [9.17, 15) is 9.59 Å². The first-order valence-corrected chi connectivity index (χ1v) is 9.27. The number of ether oxygens (including phenoxy) is 1. The highest BCUT2D eigenvalue weighted by Crippen LogP contribution is 2.20. The van der Waals surface area contributed by atoms with E-state index in [0.29, 0.717) is 32.6 Å². The fourth-order valence-electron chi connectivity index (χ4n) is 2.57. The molecule has 3 aromatic carbocycles. The van der Waals surface area contributed by atoms with Gasteiger partial charge in [0.05, 0.1) is 0 Å². The number of hydrogen-bond acceptors (Lipinski definition) is 3. The molecule has 0 heterocycles. The van der Waals surface area contributed by atoms with Gasteiger partial charge in [-0.1, -0.05) is 23.2 Å². The summed E-state index contributed by atoms with van der Waals surface area (Å²) in [6.45, 7) is 1.71. The van der Waals surface area contributed by atoms with Crippen molar-refractivity contribution in [3.8, 4) is 5.75 Å². The summed E-state index contributed by atoms with van der Waals surface area (Å²) in [6.07, 6.45) is 0. The van der Waals surface area contributed by atoms with E-state index in [1.54, 1.807) is 66.7 Å². The maximum atomic E-state index is 12.4. The molecule has 28 heavy (non-hydrogen) atoms. The Bertz CT molecular complexity index is 999. The van der Waals surface area contributed by atoms with Crippen LogP contribution >= 0.6 is 23.2 Å². The van der Waals surface area contributed by atoms with E-state index in [1.807, 2.05) is 6.92 Å². The quantitative estimate of drug-likeness (QED) is 0.538. The zero-order valence-corrected chi connectivity index (χ0v) is 16.6. The van der Waals surface area contributed by atoms with Crippen LogP contribution in [-0.2, 0) is 4.79 Å². The van der Waals surface area contributed by atoms with Crippen LogP contribution in [0.3, 0.4) is 0 Å². The van der Waals surface area contributed by atoms with E-state index in [4.69, 9.17) is 27.9 Å². The summed E-state index contributed by atoms with van der Waals surface area (Å²) in [6, 6.07) is 18.6. The number of aryl methyl sites for hydroxylation is 1. The van der Waals surface area contributed by atoms with Gasteiger partial charge in [-0.05, 0) is 79.2 Å². The summed E-state index contributed by atoms with van der Waals surface area (Å²) in [5.41, 5.74) is 2.62. The molecule has 3 rings (SSSR count). The third kappa shape index (κ3) is 5.12. The van der Waals surface area contributed by atoms with Crippen molar-refractivity contribution in [2.75, 3.05) is 11.9 Å². The fraction of sp³-hybridized carbons (Fsp3) is 0.0909. The smallest absolute Gasteiger partial charge is 0.262 e. The van der Waals surface area contributed by atoms with E-state index in [0.717, 1.165) is 5.56 Å². The number of nitrogens with one attached hydrogen (secondary N) is 1. The number of carbonyl (C=O) groups excluding carboxylic acids is 2. The number of amides is 1. The van der Waals surface area contributed by atoms with Crippen molar-refractivity contribution in [3.05, 3.63) is 93.5 Å². The van der Waals surface area contributed by atoms with Crippen LogP contribution in [0.5, 0.6) is 5.75 Å². The number of rotatable bonds is 6. The molecule has 0 spiro atoms. The molecule has 4 nitrogen and oxygen atoms in total. The van der Waals surface area contributed by atoms with Gasteiger partial charge in [0.1, 0.15) is 5.75 Å². The second kappa shape index (κ2) is 8.91. The first kappa shape index (κ1) is 19.9. The number of ketones is 1. The van der Waals surface area contributed by atoms with Gasteiger partial charge < -0.3 is 10.1 Å². The summed E-state index contributed by atoms with van der Waals surface area (Å²) in [7, 11) is 0. The molecular formula is C22H17Cl2NO3. The Morgan fingerprint density at radius 1 is 0.857 bits per heavy atom. The highest BCUT2D eigenvalue weighted by atomic mass is 35.5. The van der Waals surface area contributed by atoms with Gasteiger partial charge in [0.2, 0.25) is 0 Å². The van der Waals surface area contributed by atoms with Crippen molar-refractivity contribution in [1.29, 1.82) is 0 Å². The van der Waals surface area contributed by atoms with Crippen LogP contribution in [0.4, 0.5) is 5.69 Å². The lowest BCUT2D eigenvalue weighted by atomic mass is 10.0. The number of anilines is 1. The molecule has 0 aliphatic heterocycles. The monoisotopic (exact) mass is 413 g/mol. The maximum Gasteiger partial charge on any atom is 0.262 e. The molecule has 6 heteroatoms. The highest BCUT2D eigenvalue weighted by Gasteiger charge is 2.10. The van der Waals surface area contributed by atoms with Gasteiger partial charge in [0.15, 0.2) is 12.4 Å². The minimum atomic E-state index is -0.285. The van der Waals surface area contributed by atoms with Crippen molar-refractivity contribution in [3.63, 3.8) is 0 Å². The molecule has 3 aromatic rings. The first-order chi connectivity index (χ1) is 13.4. The molecule has 0 saturated carbocycles. The third-order valence-electron chi connectivity index (χ3n) is 4.06. The molecule has 0 radical (unpaired) electrons. The van der Waals surface area contributed by atoms with Crippen molar-refractivity contribution in [1.82, 2.24) is 0 Å². The molecule has 0 aromatic heterocycles. The molecule has 0 atom stereocenters.